The van der Waals surface area contributed by atoms with Gasteiger partial charge in [0.2, 0.25) is 16.0 Å². The maximum absolute atomic E-state index is 12.7. The molecule has 8 heteroatoms. The highest BCUT2D eigenvalue weighted by molar-refractivity contribution is 7.89. The van der Waals surface area contributed by atoms with Crippen LogP contribution in [-0.4, -0.2) is 36.7 Å². The molecule has 0 aromatic carbocycles. The van der Waals surface area contributed by atoms with Gasteiger partial charge >= 0.3 is 0 Å². The number of hydrogen-bond donors (Lipinski definition) is 1. The Morgan fingerprint density at radius 3 is 2.56 bits per heavy atom. The lowest BCUT2D eigenvalue weighted by molar-refractivity contribution is 0.434. The molecule has 100 valence electrons. The number of piperidine rings is 1. The van der Waals surface area contributed by atoms with E-state index in [4.69, 9.17) is 5.14 Å². The summed E-state index contributed by atoms with van der Waals surface area (Å²) in [5.41, 5.74) is 0. The second-order valence-electron chi connectivity index (χ2n) is 4.66. The molecule has 1 aliphatic rings. The minimum Gasteiger partial charge on any atom is -0.339 e. The fourth-order valence-electron chi connectivity index (χ4n) is 2.16. The highest BCUT2D eigenvalue weighted by atomic mass is 32.2. The van der Waals surface area contributed by atoms with Gasteiger partial charge in [-0.3, -0.25) is 0 Å². The Kier molecular flexibility index (Phi) is 3.49. The number of rotatable bonds is 2. The maximum Gasteiger partial charge on any atom is 0.225 e. The molecule has 1 saturated heterocycles. The fraction of sp³-hybridized carbons (Fsp3) is 0.600. The first-order chi connectivity index (χ1) is 8.36. The van der Waals surface area contributed by atoms with Crippen LogP contribution in [0.15, 0.2) is 12.4 Å². The van der Waals surface area contributed by atoms with E-state index in [1.807, 2.05) is 6.92 Å². The van der Waals surface area contributed by atoms with E-state index >= 15 is 0 Å². The normalized spacial score (nSPS) is 25.2. The Morgan fingerprint density at radius 2 is 2.00 bits per heavy atom. The average Bonchev–Trinajstić information content (AvgIpc) is 2.28. The lowest BCUT2D eigenvalue weighted by Gasteiger charge is -2.35. The van der Waals surface area contributed by atoms with E-state index in [0.717, 1.165) is 12.4 Å². The van der Waals surface area contributed by atoms with Crippen molar-refractivity contribution in [2.45, 2.75) is 18.6 Å². The predicted molar refractivity (Wildman–Crippen MR) is 64.9 cm³/mol. The van der Waals surface area contributed by atoms with Crippen molar-refractivity contribution in [2.24, 2.45) is 11.1 Å². The molecular formula is C10H15FN4O2S. The number of hydrogen-bond acceptors (Lipinski definition) is 5. The van der Waals surface area contributed by atoms with Crippen LogP contribution in [0.1, 0.15) is 13.3 Å². The van der Waals surface area contributed by atoms with Crippen molar-refractivity contribution in [3.05, 3.63) is 18.2 Å². The molecule has 1 fully saturated rings. The molecule has 0 bridgehead atoms. The average molecular weight is 274 g/mol. The molecule has 2 rings (SSSR count). The number of sulfonamides is 1. The second-order valence-corrected chi connectivity index (χ2v) is 6.50. The first-order valence-corrected chi connectivity index (χ1v) is 7.21. The number of nitrogens with two attached hydrogens (primary N) is 1. The monoisotopic (exact) mass is 274 g/mol. The molecule has 18 heavy (non-hydrogen) atoms. The Hall–Kier alpha value is -1.28. The minimum absolute atomic E-state index is 0.163. The molecule has 0 unspecified atom stereocenters. The lowest BCUT2D eigenvalue weighted by atomic mass is 10.0. The summed E-state index contributed by atoms with van der Waals surface area (Å²) in [5.74, 6) is -0.0286. The third kappa shape index (κ3) is 2.94. The van der Waals surface area contributed by atoms with Crippen LogP contribution in [0, 0.1) is 11.7 Å². The van der Waals surface area contributed by atoms with Gasteiger partial charge in [-0.05, 0) is 12.3 Å². The summed E-state index contributed by atoms with van der Waals surface area (Å²) in [7, 11) is -3.58. The molecule has 0 spiro atoms. The summed E-state index contributed by atoms with van der Waals surface area (Å²) >= 11 is 0. The predicted octanol–water partition coefficient (Wildman–Crippen LogP) is 0.119. The first-order valence-electron chi connectivity index (χ1n) is 5.60. The standard InChI is InChI=1S/C10H15FN4O2S/c1-7-2-9(18(12,16)17)6-15(5-7)10-13-3-8(11)4-14-10/h3-4,7,9H,2,5-6H2,1H3,(H2,12,16,17)/t7-,9+/m1/s1. The number of aromatic nitrogens is 2. The smallest absolute Gasteiger partial charge is 0.225 e. The summed E-state index contributed by atoms with van der Waals surface area (Å²) in [6.45, 7) is 2.82. The van der Waals surface area contributed by atoms with Gasteiger partial charge in [0.1, 0.15) is 0 Å². The molecule has 2 N–H and O–H groups in total. The van der Waals surface area contributed by atoms with Crippen LogP contribution >= 0.6 is 0 Å². The molecule has 0 amide bonds. The molecule has 0 radical (unpaired) electrons. The largest absolute Gasteiger partial charge is 0.339 e. The van der Waals surface area contributed by atoms with Crippen LogP contribution < -0.4 is 10.0 Å². The molecule has 6 nitrogen and oxygen atoms in total. The summed E-state index contributed by atoms with van der Waals surface area (Å²) in [4.78, 5) is 9.44. The van der Waals surface area contributed by atoms with Crippen LogP contribution in [0.5, 0.6) is 0 Å². The van der Waals surface area contributed by atoms with Gasteiger partial charge in [0.05, 0.1) is 17.6 Å². The van der Waals surface area contributed by atoms with Gasteiger partial charge in [-0.15, -0.1) is 0 Å². The zero-order valence-electron chi connectivity index (χ0n) is 9.95. The van der Waals surface area contributed by atoms with Gasteiger partial charge < -0.3 is 4.90 Å². The summed E-state index contributed by atoms with van der Waals surface area (Å²) < 4.78 is 35.6. The van der Waals surface area contributed by atoms with Crippen LogP contribution in [0.4, 0.5) is 10.3 Å². The van der Waals surface area contributed by atoms with Crippen molar-refractivity contribution in [3.8, 4) is 0 Å². The minimum atomic E-state index is -3.58. The SMILES string of the molecule is C[C@@H]1C[C@H](S(N)(=O)=O)CN(c2ncc(F)cn2)C1. The Morgan fingerprint density at radius 1 is 1.39 bits per heavy atom. The van der Waals surface area contributed by atoms with Gasteiger partial charge in [0.15, 0.2) is 5.82 Å². The van der Waals surface area contributed by atoms with E-state index in [0.29, 0.717) is 18.9 Å². The second kappa shape index (κ2) is 4.77. The van der Waals surface area contributed by atoms with Crippen LogP contribution in [-0.2, 0) is 10.0 Å². The van der Waals surface area contributed by atoms with Gasteiger partial charge in [0.25, 0.3) is 0 Å². The third-order valence-electron chi connectivity index (χ3n) is 2.98. The van der Waals surface area contributed by atoms with Crippen LogP contribution in [0.3, 0.4) is 0 Å². The quantitative estimate of drug-likeness (QED) is 0.827. The van der Waals surface area contributed by atoms with Gasteiger partial charge in [-0.1, -0.05) is 6.92 Å². The number of primary sulfonamides is 1. The van der Waals surface area contributed by atoms with Crippen LogP contribution in [0.25, 0.3) is 0 Å². The van der Waals surface area contributed by atoms with Crippen molar-refractivity contribution in [2.75, 3.05) is 18.0 Å². The zero-order chi connectivity index (χ0) is 13.3. The zero-order valence-corrected chi connectivity index (χ0v) is 10.8. The molecule has 1 aromatic heterocycles. The van der Waals surface area contributed by atoms with Crippen molar-refractivity contribution >= 4 is 16.0 Å². The highest BCUT2D eigenvalue weighted by Gasteiger charge is 2.32. The molecular weight excluding hydrogens is 259 g/mol. The van der Waals surface area contributed by atoms with E-state index in [-0.39, 0.29) is 12.5 Å². The van der Waals surface area contributed by atoms with Crippen molar-refractivity contribution in [1.29, 1.82) is 0 Å². The number of halogens is 1. The Balaban J connectivity index is 2.21. The summed E-state index contributed by atoms with van der Waals surface area (Å²) in [6, 6.07) is 0. The van der Waals surface area contributed by atoms with E-state index in [1.54, 1.807) is 4.90 Å². The highest BCUT2D eigenvalue weighted by Crippen LogP contribution is 2.23. The van der Waals surface area contributed by atoms with Gasteiger partial charge in [-0.25, -0.2) is 27.9 Å². The van der Waals surface area contributed by atoms with E-state index in [2.05, 4.69) is 9.97 Å². The van der Waals surface area contributed by atoms with E-state index in [1.165, 1.54) is 0 Å². The molecule has 0 aliphatic carbocycles. The molecule has 2 heterocycles. The summed E-state index contributed by atoms with van der Waals surface area (Å²) in [6.07, 6.45) is 2.65. The maximum atomic E-state index is 12.7. The Bertz CT molecular complexity index is 519. The van der Waals surface area contributed by atoms with Crippen molar-refractivity contribution in [1.82, 2.24) is 9.97 Å². The van der Waals surface area contributed by atoms with Gasteiger partial charge in [-0.2, -0.15) is 0 Å². The molecule has 1 aromatic rings. The first kappa shape index (κ1) is 13.2. The molecule has 0 saturated carbocycles. The van der Waals surface area contributed by atoms with E-state index < -0.39 is 21.1 Å². The van der Waals surface area contributed by atoms with Crippen LogP contribution in [0.2, 0.25) is 0 Å². The fourth-order valence-corrected chi connectivity index (χ4v) is 3.15. The van der Waals surface area contributed by atoms with E-state index in [9.17, 15) is 12.8 Å². The molecule has 1 aliphatic heterocycles. The van der Waals surface area contributed by atoms with Crippen molar-refractivity contribution < 1.29 is 12.8 Å². The molecule has 2 atom stereocenters. The number of nitrogens with zero attached hydrogens (tertiary/aromatic N) is 3. The van der Waals surface area contributed by atoms with Gasteiger partial charge in [0, 0.05) is 13.1 Å². The lowest BCUT2D eigenvalue weighted by Crippen LogP contribution is -2.48. The summed E-state index contributed by atoms with van der Waals surface area (Å²) in [5, 5.41) is 4.55. The Labute approximate surface area is 105 Å². The third-order valence-corrected chi connectivity index (χ3v) is 4.25. The topological polar surface area (TPSA) is 89.2 Å². The number of anilines is 1. The van der Waals surface area contributed by atoms with Crippen molar-refractivity contribution in [3.63, 3.8) is 0 Å².